The highest BCUT2D eigenvalue weighted by Crippen LogP contribution is 2.28. The highest BCUT2D eigenvalue weighted by Gasteiger charge is 2.41. The smallest absolute Gasteiger partial charge is 0.258 e. The molecule has 7 nitrogen and oxygen atoms in total. The molecular formula is C25H37N3O4. The minimum atomic E-state index is -0.261. The molecule has 176 valence electrons. The molecule has 0 saturated carbocycles. The number of hydrogen-bond acceptors (Lipinski definition) is 4. The SMILES string of the molecule is CCCc1ccc(OCC(=O)NC2CCN(C(=O)C3CC(=O)N(C(C)(C)C)C3)CC2)cc1. The van der Waals surface area contributed by atoms with Crippen molar-refractivity contribution >= 4 is 17.7 Å². The largest absolute Gasteiger partial charge is 0.484 e. The summed E-state index contributed by atoms with van der Waals surface area (Å²) in [5.41, 5.74) is 1.00. The summed E-state index contributed by atoms with van der Waals surface area (Å²) < 4.78 is 5.60. The second kappa shape index (κ2) is 10.4. The molecule has 0 radical (unpaired) electrons. The highest BCUT2D eigenvalue weighted by molar-refractivity contribution is 5.89. The normalized spacial score (nSPS) is 19.9. The molecule has 32 heavy (non-hydrogen) atoms. The number of piperidine rings is 1. The van der Waals surface area contributed by atoms with Crippen molar-refractivity contribution in [3.8, 4) is 5.75 Å². The molecule has 3 rings (SSSR count). The average molecular weight is 444 g/mol. The summed E-state index contributed by atoms with van der Waals surface area (Å²) in [5.74, 6) is 0.401. The van der Waals surface area contributed by atoms with Crippen LogP contribution in [-0.2, 0) is 20.8 Å². The summed E-state index contributed by atoms with van der Waals surface area (Å²) >= 11 is 0. The van der Waals surface area contributed by atoms with Gasteiger partial charge in [-0.3, -0.25) is 14.4 Å². The summed E-state index contributed by atoms with van der Waals surface area (Å²) in [7, 11) is 0. The van der Waals surface area contributed by atoms with Crippen LogP contribution in [0.15, 0.2) is 24.3 Å². The van der Waals surface area contributed by atoms with Gasteiger partial charge in [-0.25, -0.2) is 0 Å². The van der Waals surface area contributed by atoms with Gasteiger partial charge in [0.25, 0.3) is 5.91 Å². The maximum absolute atomic E-state index is 12.9. The first-order valence-corrected chi connectivity index (χ1v) is 11.8. The second-order valence-electron chi connectivity index (χ2n) is 9.93. The van der Waals surface area contributed by atoms with Crippen LogP contribution in [0.4, 0.5) is 0 Å². The molecule has 1 unspecified atom stereocenters. The van der Waals surface area contributed by atoms with Gasteiger partial charge in [-0.1, -0.05) is 25.5 Å². The lowest BCUT2D eigenvalue weighted by Crippen LogP contribution is -2.49. The van der Waals surface area contributed by atoms with Gasteiger partial charge in [0, 0.05) is 37.6 Å². The van der Waals surface area contributed by atoms with E-state index in [2.05, 4.69) is 12.2 Å². The van der Waals surface area contributed by atoms with Gasteiger partial charge in [0.15, 0.2) is 6.61 Å². The third-order valence-corrected chi connectivity index (χ3v) is 6.29. The number of nitrogens with one attached hydrogen (secondary N) is 1. The van der Waals surface area contributed by atoms with Crippen LogP contribution in [0, 0.1) is 5.92 Å². The molecular weight excluding hydrogens is 406 g/mol. The van der Waals surface area contributed by atoms with Crippen molar-refractivity contribution in [3.63, 3.8) is 0 Å². The molecule has 1 aromatic rings. The lowest BCUT2D eigenvalue weighted by Gasteiger charge is -2.35. The zero-order valence-electron chi connectivity index (χ0n) is 19.9. The Morgan fingerprint density at radius 2 is 1.78 bits per heavy atom. The molecule has 0 aromatic heterocycles. The molecule has 7 heteroatoms. The first kappa shape index (κ1) is 24.1. The van der Waals surface area contributed by atoms with Gasteiger partial charge >= 0.3 is 0 Å². The lowest BCUT2D eigenvalue weighted by molar-refractivity contribution is -0.137. The van der Waals surface area contributed by atoms with Crippen molar-refractivity contribution in [1.29, 1.82) is 0 Å². The molecule has 2 aliphatic heterocycles. The summed E-state index contributed by atoms with van der Waals surface area (Å²) in [5, 5.41) is 3.02. The van der Waals surface area contributed by atoms with Gasteiger partial charge in [0.05, 0.1) is 5.92 Å². The third kappa shape index (κ3) is 6.24. The van der Waals surface area contributed by atoms with Crippen LogP contribution in [0.2, 0.25) is 0 Å². The Morgan fingerprint density at radius 1 is 1.12 bits per heavy atom. The van der Waals surface area contributed by atoms with E-state index in [9.17, 15) is 14.4 Å². The summed E-state index contributed by atoms with van der Waals surface area (Å²) in [6.45, 7) is 9.82. The van der Waals surface area contributed by atoms with E-state index in [1.54, 1.807) is 4.90 Å². The van der Waals surface area contributed by atoms with E-state index in [1.807, 2.05) is 49.9 Å². The first-order chi connectivity index (χ1) is 15.2. The fourth-order valence-corrected chi connectivity index (χ4v) is 4.48. The van der Waals surface area contributed by atoms with Crippen molar-refractivity contribution in [2.45, 2.75) is 71.4 Å². The Kier molecular flexibility index (Phi) is 7.80. The molecule has 3 amide bonds. The zero-order valence-corrected chi connectivity index (χ0v) is 19.9. The first-order valence-electron chi connectivity index (χ1n) is 11.8. The molecule has 1 aromatic carbocycles. The Balaban J connectivity index is 1.39. The van der Waals surface area contributed by atoms with Crippen LogP contribution in [0.1, 0.15) is 58.9 Å². The zero-order chi connectivity index (χ0) is 23.3. The number of benzene rings is 1. The van der Waals surface area contributed by atoms with Crippen molar-refractivity contribution in [2.75, 3.05) is 26.2 Å². The van der Waals surface area contributed by atoms with E-state index < -0.39 is 0 Å². The summed E-state index contributed by atoms with van der Waals surface area (Å²) in [6.07, 6.45) is 3.86. The minimum absolute atomic E-state index is 0.0148. The molecule has 0 bridgehead atoms. The topological polar surface area (TPSA) is 79.0 Å². The number of aryl methyl sites for hydroxylation is 1. The predicted octanol–water partition coefficient (Wildman–Crippen LogP) is 2.77. The van der Waals surface area contributed by atoms with Crippen LogP contribution in [0.5, 0.6) is 5.75 Å². The molecule has 2 saturated heterocycles. The number of rotatable bonds is 7. The van der Waals surface area contributed by atoms with Crippen LogP contribution in [0.25, 0.3) is 0 Å². The molecule has 2 fully saturated rings. The van der Waals surface area contributed by atoms with E-state index in [0.29, 0.717) is 44.6 Å². The third-order valence-electron chi connectivity index (χ3n) is 6.29. The Bertz CT molecular complexity index is 807. The number of amides is 3. The molecule has 1 atom stereocenters. The number of ether oxygens (including phenoxy) is 1. The van der Waals surface area contributed by atoms with E-state index in [1.165, 1.54) is 5.56 Å². The van der Waals surface area contributed by atoms with Crippen molar-refractivity contribution < 1.29 is 19.1 Å². The van der Waals surface area contributed by atoms with Gasteiger partial charge in [-0.05, 0) is 57.7 Å². The Hall–Kier alpha value is -2.57. The van der Waals surface area contributed by atoms with E-state index >= 15 is 0 Å². The quantitative estimate of drug-likeness (QED) is 0.703. The predicted molar refractivity (Wildman–Crippen MR) is 123 cm³/mol. The van der Waals surface area contributed by atoms with Crippen LogP contribution < -0.4 is 10.1 Å². The number of hydrogen-bond donors (Lipinski definition) is 1. The van der Waals surface area contributed by atoms with Crippen LogP contribution in [0.3, 0.4) is 0 Å². The van der Waals surface area contributed by atoms with Gasteiger partial charge < -0.3 is 19.9 Å². The molecule has 2 aliphatic rings. The Morgan fingerprint density at radius 3 is 2.34 bits per heavy atom. The second-order valence-corrected chi connectivity index (χ2v) is 9.93. The maximum atomic E-state index is 12.9. The number of carbonyl (C=O) groups excluding carboxylic acids is 3. The molecule has 1 N–H and O–H groups in total. The molecule has 0 spiro atoms. The van der Waals surface area contributed by atoms with Gasteiger partial charge in [0.1, 0.15) is 5.75 Å². The van der Waals surface area contributed by atoms with Crippen molar-refractivity contribution in [1.82, 2.24) is 15.1 Å². The van der Waals surface area contributed by atoms with Gasteiger partial charge in [-0.15, -0.1) is 0 Å². The fourth-order valence-electron chi connectivity index (χ4n) is 4.48. The summed E-state index contributed by atoms with van der Waals surface area (Å²) in [6, 6.07) is 7.90. The maximum Gasteiger partial charge on any atom is 0.258 e. The Labute approximate surface area is 191 Å². The minimum Gasteiger partial charge on any atom is -0.484 e. The summed E-state index contributed by atoms with van der Waals surface area (Å²) in [4.78, 5) is 41.1. The van der Waals surface area contributed by atoms with Gasteiger partial charge in [-0.2, -0.15) is 0 Å². The van der Waals surface area contributed by atoms with Crippen LogP contribution >= 0.6 is 0 Å². The van der Waals surface area contributed by atoms with Gasteiger partial charge in [0.2, 0.25) is 11.8 Å². The van der Waals surface area contributed by atoms with Crippen molar-refractivity contribution in [3.05, 3.63) is 29.8 Å². The van der Waals surface area contributed by atoms with E-state index in [-0.39, 0.29) is 41.8 Å². The molecule has 2 heterocycles. The number of carbonyl (C=O) groups is 3. The fraction of sp³-hybridized carbons (Fsp3) is 0.640. The number of nitrogens with zero attached hydrogens (tertiary/aromatic N) is 2. The molecule has 0 aliphatic carbocycles. The highest BCUT2D eigenvalue weighted by atomic mass is 16.5. The van der Waals surface area contributed by atoms with Crippen LogP contribution in [-0.4, -0.2) is 65.3 Å². The lowest BCUT2D eigenvalue weighted by atomic mass is 10.0. The van der Waals surface area contributed by atoms with E-state index in [4.69, 9.17) is 4.74 Å². The standard InChI is InChI=1S/C25H37N3O4/c1-5-6-18-7-9-21(10-8-18)32-17-22(29)26-20-11-13-27(14-12-20)24(31)19-15-23(30)28(16-19)25(2,3)4/h7-10,19-20H,5-6,11-17H2,1-4H3,(H,26,29). The number of likely N-dealkylation sites (tertiary alicyclic amines) is 2. The van der Waals surface area contributed by atoms with E-state index in [0.717, 1.165) is 12.8 Å². The monoisotopic (exact) mass is 443 g/mol. The average Bonchev–Trinajstić information content (AvgIpc) is 3.16. The van der Waals surface area contributed by atoms with Crippen molar-refractivity contribution in [2.24, 2.45) is 5.92 Å².